The number of nitrogens with two attached hydrogens (primary N) is 1. The summed E-state index contributed by atoms with van der Waals surface area (Å²) in [6.07, 6.45) is 0. The van der Waals surface area contributed by atoms with Gasteiger partial charge in [-0.05, 0) is 22.9 Å². The van der Waals surface area contributed by atoms with Crippen molar-refractivity contribution in [2.45, 2.75) is 6.54 Å². The molecule has 132 valence electrons. The molecule has 2 aromatic carbocycles. The number of anilines is 1. The van der Waals surface area contributed by atoms with E-state index in [-0.39, 0.29) is 35.1 Å². The van der Waals surface area contributed by atoms with Gasteiger partial charge in [-0.15, -0.1) is 4.91 Å². The number of ketones is 1. The fraction of sp³-hybridized carbons (Fsp3) is 0.158. The maximum atomic E-state index is 12.7. The fourth-order valence-corrected chi connectivity index (χ4v) is 3.22. The molecule has 0 saturated carbocycles. The van der Waals surface area contributed by atoms with Crippen molar-refractivity contribution in [3.63, 3.8) is 0 Å². The van der Waals surface area contributed by atoms with E-state index >= 15 is 0 Å². The van der Waals surface area contributed by atoms with E-state index < -0.39 is 0 Å². The summed E-state index contributed by atoms with van der Waals surface area (Å²) >= 11 is 5.37. The van der Waals surface area contributed by atoms with E-state index in [0.717, 1.165) is 5.56 Å². The highest BCUT2D eigenvalue weighted by Gasteiger charge is 2.31. The second-order valence-corrected chi connectivity index (χ2v) is 6.36. The third-order valence-corrected chi connectivity index (χ3v) is 4.54. The Balaban J connectivity index is 1.83. The van der Waals surface area contributed by atoms with Crippen LogP contribution in [0.4, 0.5) is 5.69 Å². The Hall–Kier alpha value is -2.74. The molecule has 0 bridgehead atoms. The summed E-state index contributed by atoms with van der Waals surface area (Å²) in [7, 11) is 0. The molecule has 26 heavy (non-hydrogen) atoms. The lowest BCUT2D eigenvalue weighted by Gasteiger charge is -2.29. The van der Waals surface area contributed by atoms with E-state index in [0.29, 0.717) is 12.2 Å². The average molecular weight is 366 g/mol. The standard InChI is InChI=1S/C19H18N4O2S/c20-23(15-9-5-2-6-10-15)19(26)18-16(21-25)12-22(13-17(18)24)11-14-7-3-1-4-8-14/h1-10H,11-13,20H2. The summed E-state index contributed by atoms with van der Waals surface area (Å²) in [5.74, 6) is 5.80. The molecule has 3 rings (SSSR count). The molecule has 2 N–H and O–H groups in total. The Kier molecular flexibility index (Phi) is 5.62. The first-order chi connectivity index (χ1) is 12.6. The highest BCUT2D eigenvalue weighted by molar-refractivity contribution is 7.81. The normalized spacial score (nSPS) is 15.0. The van der Waals surface area contributed by atoms with E-state index in [1.54, 1.807) is 12.1 Å². The Morgan fingerprint density at radius 2 is 1.69 bits per heavy atom. The average Bonchev–Trinajstić information content (AvgIpc) is 2.68. The van der Waals surface area contributed by atoms with E-state index in [2.05, 4.69) is 5.18 Å². The highest BCUT2D eigenvalue weighted by Crippen LogP contribution is 2.23. The minimum absolute atomic E-state index is 0.107. The number of carbonyl (C=O) groups excluding carboxylic acids is 1. The summed E-state index contributed by atoms with van der Waals surface area (Å²) in [4.78, 5) is 26.0. The molecule has 6 nitrogen and oxygen atoms in total. The Bertz CT molecular complexity index is 852. The topological polar surface area (TPSA) is 79.0 Å². The smallest absolute Gasteiger partial charge is 0.181 e. The van der Waals surface area contributed by atoms with E-state index in [4.69, 9.17) is 18.1 Å². The van der Waals surface area contributed by atoms with Gasteiger partial charge in [0.1, 0.15) is 10.7 Å². The third-order valence-electron chi connectivity index (χ3n) is 4.13. The van der Waals surface area contributed by atoms with Gasteiger partial charge in [-0.2, -0.15) is 0 Å². The van der Waals surface area contributed by atoms with Crippen molar-refractivity contribution in [2.75, 3.05) is 18.1 Å². The van der Waals surface area contributed by atoms with Gasteiger partial charge in [0.15, 0.2) is 5.78 Å². The van der Waals surface area contributed by atoms with Crippen molar-refractivity contribution in [1.82, 2.24) is 4.90 Å². The second-order valence-electron chi connectivity index (χ2n) is 5.98. The van der Waals surface area contributed by atoms with Gasteiger partial charge in [0.2, 0.25) is 0 Å². The number of Topliss-reactive ketones (excluding diaryl/α,β-unsaturated/α-hetero) is 1. The first kappa shape index (κ1) is 18.1. The number of rotatable bonds is 5. The minimum atomic E-state index is -0.252. The first-order valence-electron chi connectivity index (χ1n) is 8.10. The summed E-state index contributed by atoms with van der Waals surface area (Å²) in [6, 6.07) is 18.8. The Labute approximate surface area is 156 Å². The molecule has 0 saturated heterocycles. The number of hydrogen-bond donors (Lipinski definition) is 1. The predicted molar refractivity (Wildman–Crippen MR) is 105 cm³/mol. The molecule has 0 atom stereocenters. The van der Waals surface area contributed by atoms with Crippen molar-refractivity contribution in [2.24, 2.45) is 11.0 Å². The van der Waals surface area contributed by atoms with Crippen LogP contribution >= 0.6 is 12.2 Å². The Morgan fingerprint density at radius 3 is 2.31 bits per heavy atom. The summed E-state index contributed by atoms with van der Waals surface area (Å²) < 4.78 is 0. The molecule has 0 aromatic heterocycles. The van der Waals surface area contributed by atoms with Gasteiger partial charge in [-0.3, -0.25) is 14.7 Å². The van der Waals surface area contributed by atoms with Gasteiger partial charge in [0, 0.05) is 13.1 Å². The molecule has 7 heteroatoms. The summed E-state index contributed by atoms with van der Waals surface area (Å²) in [6.45, 7) is 0.963. The number of thiocarbonyl (C=S) groups is 1. The fourth-order valence-electron chi connectivity index (χ4n) is 2.89. The molecule has 2 aromatic rings. The predicted octanol–water partition coefficient (Wildman–Crippen LogP) is 2.80. The second kappa shape index (κ2) is 8.09. The Morgan fingerprint density at radius 1 is 1.08 bits per heavy atom. The van der Waals surface area contributed by atoms with Crippen molar-refractivity contribution in [1.29, 1.82) is 0 Å². The number of hydrogen-bond acceptors (Lipinski definition) is 6. The number of hydrazine groups is 1. The van der Waals surface area contributed by atoms with Gasteiger partial charge in [-0.25, -0.2) is 5.84 Å². The number of carbonyl (C=O) groups is 1. The van der Waals surface area contributed by atoms with Gasteiger partial charge in [-0.1, -0.05) is 60.7 Å². The third kappa shape index (κ3) is 3.91. The van der Waals surface area contributed by atoms with Gasteiger partial charge < -0.3 is 0 Å². The van der Waals surface area contributed by atoms with Crippen molar-refractivity contribution >= 4 is 28.7 Å². The summed E-state index contributed by atoms with van der Waals surface area (Å²) in [5, 5.41) is 4.30. The van der Waals surface area contributed by atoms with Crippen LogP contribution in [0.5, 0.6) is 0 Å². The zero-order valence-corrected chi connectivity index (χ0v) is 14.9. The van der Waals surface area contributed by atoms with Crippen LogP contribution in [-0.2, 0) is 11.3 Å². The molecule has 1 heterocycles. The van der Waals surface area contributed by atoms with Gasteiger partial charge in [0.05, 0.1) is 17.8 Å². The zero-order valence-electron chi connectivity index (χ0n) is 14.0. The van der Waals surface area contributed by atoms with E-state index in [9.17, 15) is 9.70 Å². The van der Waals surface area contributed by atoms with Crippen molar-refractivity contribution in [3.8, 4) is 0 Å². The quantitative estimate of drug-likeness (QED) is 0.379. The van der Waals surface area contributed by atoms with Crippen LogP contribution in [0.3, 0.4) is 0 Å². The van der Waals surface area contributed by atoms with Crippen LogP contribution in [0, 0.1) is 4.91 Å². The van der Waals surface area contributed by atoms with Crippen LogP contribution in [0.15, 0.2) is 77.1 Å². The monoisotopic (exact) mass is 366 g/mol. The van der Waals surface area contributed by atoms with Crippen molar-refractivity contribution < 1.29 is 4.79 Å². The minimum Gasteiger partial charge on any atom is -0.293 e. The lowest BCUT2D eigenvalue weighted by atomic mass is 10.0. The number of benzene rings is 2. The van der Waals surface area contributed by atoms with E-state index in [1.165, 1.54) is 5.01 Å². The molecule has 0 spiro atoms. The maximum absolute atomic E-state index is 12.7. The van der Waals surface area contributed by atoms with Crippen LogP contribution < -0.4 is 10.9 Å². The maximum Gasteiger partial charge on any atom is 0.181 e. The lowest BCUT2D eigenvalue weighted by Crippen LogP contribution is -2.45. The van der Waals surface area contributed by atoms with Crippen LogP contribution in [0.25, 0.3) is 0 Å². The van der Waals surface area contributed by atoms with Gasteiger partial charge >= 0.3 is 0 Å². The molecular weight excluding hydrogens is 348 g/mol. The zero-order chi connectivity index (χ0) is 18.5. The lowest BCUT2D eigenvalue weighted by molar-refractivity contribution is -0.116. The van der Waals surface area contributed by atoms with Crippen LogP contribution in [-0.4, -0.2) is 28.8 Å². The SMILES string of the molecule is NN(C(=S)C1=C(N=O)CN(Cc2ccccc2)CC1=O)c1ccccc1. The van der Waals surface area contributed by atoms with E-state index in [1.807, 2.05) is 53.4 Å². The number of nitroso groups, excluding NO2 is 1. The molecule has 0 amide bonds. The molecule has 0 radical (unpaired) electrons. The van der Waals surface area contributed by atoms with Crippen LogP contribution in [0.1, 0.15) is 5.56 Å². The summed E-state index contributed by atoms with van der Waals surface area (Å²) in [5.41, 5.74) is 1.94. The molecular formula is C19H18N4O2S. The molecule has 1 aliphatic rings. The molecule has 0 aliphatic carbocycles. The number of nitrogens with zero attached hydrogens (tertiary/aromatic N) is 3. The highest BCUT2D eigenvalue weighted by atomic mass is 32.1. The van der Waals surface area contributed by atoms with Crippen LogP contribution in [0.2, 0.25) is 0 Å². The van der Waals surface area contributed by atoms with Crippen molar-refractivity contribution in [3.05, 3.63) is 82.4 Å². The largest absolute Gasteiger partial charge is 0.293 e. The first-order valence-corrected chi connectivity index (χ1v) is 8.51. The molecule has 0 fully saturated rings. The number of para-hydroxylation sites is 1. The van der Waals surface area contributed by atoms with Gasteiger partial charge in [0.25, 0.3) is 0 Å². The molecule has 1 aliphatic heterocycles. The molecule has 0 unspecified atom stereocenters.